The summed E-state index contributed by atoms with van der Waals surface area (Å²) in [6.45, 7) is 5.01. The predicted molar refractivity (Wildman–Crippen MR) is 101 cm³/mol. The molecular formula is C19H25N3O4S. The van der Waals surface area contributed by atoms with E-state index in [4.69, 9.17) is 0 Å². The van der Waals surface area contributed by atoms with Crippen LogP contribution in [0.3, 0.4) is 0 Å². The fourth-order valence-electron chi connectivity index (χ4n) is 4.47. The van der Waals surface area contributed by atoms with Crippen LogP contribution in [0, 0.1) is 5.92 Å². The van der Waals surface area contributed by atoms with Crippen molar-refractivity contribution in [3.8, 4) is 0 Å². The Labute approximate surface area is 160 Å². The Balaban J connectivity index is 1.87. The average Bonchev–Trinajstić information content (AvgIpc) is 3.25. The summed E-state index contributed by atoms with van der Waals surface area (Å²) in [5.41, 5.74) is 0.0191. The molecule has 2 aliphatic rings. The van der Waals surface area contributed by atoms with E-state index < -0.39 is 23.8 Å². The maximum absolute atomic E-state index is 13.0. The van der Waals surface area contributed by atoms with Crippen molar-refractivity contribution >= 4 is 27.5 Å². The number of carboxylic acids is 1. The molecule has 0 bridgehead atoms. The van der Waals surface area contributed by atoms with E-state index in [-0.39, 0.29) is 0 Å². The number of rotatable bonds is 5. The highest BCUT2D eigenvalue weighted by atomic mass is 32.1. The van der Waals surface area contributed by atoms with E-state index in [9.17, 15) is 19.5 Å². The number of thiophene rings is 1. The van der Waals surface area contributed by atoms with Gasteiger partial charge in [0.25, 0.3) is 5.56 Å². The second-order valence-corrected chi connectivity index (χ2v) is 9.02. The van der Waals surface area contributed by atoms with Crippen molar-refractivity contribution in [3.63, 3.8) is 0 Å². The number of likely N-dealkylation sites (tertiary alicyclic amines) is 1. The Kier molecular flexibility index (Phi) is 4.94. The van der Waals surface area contributed by atoms with E-state index in [1.54, 1.807) is 15.9 Å². The first-order chi connectivity index (χ1) is 13.0. The van der Waals surface area contributed by atoms with E-state index in [1.807, 2.05) is 0 Å². The second-order valence-electron chi connectivity index (χ2n) is 7.94. The highest BCUT2D eigenvalue weighted by Gasteiger charge is 2.26. The lowest BCUT2D eigenvalue weighted by atomic mass is 9.89. The SMILES string of the molecule is C[C@H]1CCc2sc3c(c2C1)c(=O)n(CC(=O)[O-])c(=O)n3CC[NH+]1CCCC1. The number of hydrogen-bond donors (Lipinski definition) is 1. The topological polar surface area (TPSA) is 88.6 Å². The molecule has 8 heteroatoms. The summed E-state index contributed by atoms with van der Waals surface area (Å²) in [6, 6.07) is 0. The molecule has 1 N–H and O–H groups in total. The summed E-state index contributed by atoms with van der Waals surface area (Å²) in [7, 11) is 0. The number of hydrogen-bond acceptors (Lipinski definition) is 5. The zero-order valence-corrected chi connectivity index (χ0v) is 16.4. The molecule has 1 aliphatic carbocycles. The number of nitrogens with zero attached hydrogens (tertiary/aromatic N) is 2. The number of quaternary nitrogens is 1. The summed E-state index contributed by atoms with van der Waals surface area (Å²) in [5.74, 6) is -0.929. The van der Waals surface area contributed by atoms with E-state index in [1.165, 1.54) is 22.6 Å². The number of aryl methyl sites for hydroxylation is 1. The van der Waals surface area contributed by atoms with Crippen molar-refractivity contribution in [1.29, 1.82) is 0 Å². The first kappa shape index (κ1) is 18.4. The van der Waals surface area contributed by atoms with Gasteiger partial charge in [-0.2, -0.15) is 0 Å². The minimum atomic E-state index is -1.41. The van der Waals surface area contributed by atoms with Crippen molar-refractivity contribution in [1.82, 2.24) is 9.13 Å². The fraction of sp³-hybridized carbons (Fsp3) is 0.632. The second kappa shape index (κ2) is 7.24. The number of aliphatic carboxylic acids is 1. The van der Waals surface area contributed by atoms with Gasteiger partial charge in [0.2, 0.25) is 0 Å². The number of aromatic nitrogens is 2. The molecule has 7 nitrogen and oxygen atoms in total. The third-order valence-corrected chi connectivity index (χ3v) is 7.26. The summed E-state index contributed by atoms with van der Waals surface area (Å²) >= 11 is 1.54. The molecular weight excluding hydrogens is 366 g/mol. The minimum Gasteiger partial charge on any atom is -0.548 e. The molecule has 27 heavy (non-hydrogen) atoms. The number of fused-ring (bicyclic) bond motifs is 3. The molecule has 0 unspecified atom stereocenters. The van der Waals surface area contributed by atoms with Crippen molar-refractivity contribution in [2.24, 2.45) is 5.92 Å². The Bertz CT molecular complexity index is 997. The smallest absolute Gasteiger partial charge is 0.332 e. The highest BCUT2D eigenvalue weighted by molar-refractivity contribution is 7.18. The van der Waals surface area contributed by atoms with Crippen LogP contribution in [0.1, 0.15) is 36.6 Å². The van der Waals surface area contributed by atoms with Gasteiger partial charge in [0.05, 0.1) is 44.1 Å². The van der Waals surface area contributed by atoms with Gasteiger partial charge in [0.1, 0.15) is 4.83 Å². The molecule has 2 aromatic rings. The quantitative estimate of drug-likeness (QED) is 0.692. The van der Waals surface area contributed by atoms with Crippen LogP contribution in [0.25, 0.3) is 10.2 Å². The van der Waals surface area contributed by atoms with Crippen LogP contribution in [0.15, 0.2) is 9.59 Å². The van der Waals surface area contributed by atoms with Crippen LogP contribution in [0.5, 0.6) is 0 Å². The van der Waals surface area contributed by atoms with Crippen LogP contribution < -0.4 is 21.3 Å². The molecule has 0 saturated carbocycles. The van der Waals surface area contributed by atoms with E-state index in [0.717, 1.165) is 53.9 Å². The molecule has 0 radical (unpaired) electrons. The predicted octanol–water partition coefficient (Wildman–Crippen LogP) is -1.22. The highest BCUT2D eigenvalue weighted by Crippen LogP contribution is 2.36. The van der Waals surface area contributed by atoms with Crippen LogP contribution in [-0.4, -0.2) is 34.7 Å². The van der Waals surface area contributed by atoms with Gasteiger partial charge in [0, 0.05) is 17.7 Å². The molecule has 1 atom stereocenters. The van der Waals surface area contributed by atoms with Crippen LogP contribution in [-0.2, 0) is 30.7 Å². The molecule has 1 fully saturated rings. The number of carbonyl (C=O) groups excluding carboxylic acids is 1. The zero-order chi connectivity index (χ0) is 19.1. The van der Waals surface area contributed by atoms with Gasteiger partial charge >= 0.3 is 5.69 Å². The van der Waals surface area contributed by atoms with Crippen LogP contribution >= 0.6 is 11.3 Å². The van der Waals surface area contributed by atoms with Crippen molar-refractivity contribution < 1.29 is 14.8 Å². The Hall–Kier alpha value is -1.93. The molecule has 0 aromatic carbocycles. The third kappa shape index (κ3) is 3.36. The van der Waals surface area contributed by atoms with E-state index in [2.05, 4.69) is 6.92 Å². The van der Waals surface area contributed by atoms with Gasteiger partial charge in [-0.1, -0.05) is 6.92 Å². The van der Waals surface area contributed by atoms with Crippen molar-refractivity contribution in [2.45, 2.75) is 52.1 Å². The molecule has 0 spiro atoms. The first-order valence-electron chi connectivity index (χ1n) is 9.77. The van der Waals surface area contributed by atoms with E-state index in [0.29, 0.717) is 17.8 Å². The zero-order valence-electron chi connectivity index (χ0n) is 15.6. The number of carbonyl (C=O) groups is 1. The standard InChI is InChI=1S/C19H25N3O4S/c1-12-4-5-14-13(10-12)16-17(25)22(11-15(23)24)19(26)21(18(16)27-14)9-8-20-6-2-3-7-20/h12H,2-11H2,1H3,(H,23,24)/t12-/m0/s1. The molecule has 146 valence electrons. The minimum absolute atomic E-state index is 0.476. The molecule has 1 saturated heterocycles. The maximum Gasteiger partial charge on any atom is 0.332 e. The van der Waals surface area contributed by atoms with Gasteiger partial charge in [-0.25, -0.2) is 4.79 Å². The van der Waals surface area contributed by atoms with Crippen LogP contribution in [0.4, 0.5) is 0 Å². The largest absolute Gasteiger partial charge is 0.548 e. The fourth-order valence-corrected chi connectivity index (χ4v) is 5.82. The monoisotopic (exact) mass is 391 g/mol. The summed E-state index contributed by atoms with van der Waals surface area (Å²) in [6.07, 6.45) is 5.21. The molecule has 0 amide bonds. The normalized spacial score (nSPS) is 20.3. The van der Waals surface area contributed by atoms with Crippen molar-refractivity contribution in [2.75, 3.05) is 19.6 Å². The molecule has 3 heterocycles. The lowest BCUT2D eigenvalue weighted by Gasteiger charge is -2.18. The van der Waals surface area contributed by atoms with Gasteiger partial charge in [0.15, 0.2) is 0 Å². The summed E-state index contributed by atoms with van der Waals surface area (Å²) in [5, 5.41) is 11.7. The lowest BCUT2D eigenvalue weighted by molar-refractivity contribution is -0.888. The molecule has 4 rings (SSSR count). The van der Waals surface area contributed by atoms with Gasteiger partial charge < -0.3 is 14.8 Å². The van der Waals surface area contributed by atoms with Gasteiger partial charge in [-0.3, -0.25) is 13.9 Å². The first-order valence-corrected chi connectivity index (χ1v) is 10.6. The average molecular weight is 391 g/mol. The summed E-state index contributed by atoms with van der Waals surface area (Å²) < 4.78 is 2.49. The van der Waals surface area contributed by atoms with E-state index >= 15 is 0 Å². The Morgan fingerprint density at radius 1 is 1.26 bits per heavy atom. The number of nitrogens with one attached hydrogen (secondary N) is 1. The van der Waals surface area contributed by atoms with Crippen LogP contribution in [0.2, 0.25) is 0 Å². The number of carboxylic acid groups (broad SMARTS) is 1. The Morgan fingerprint density at radius 3 is 2.70 bits per heavy atom. The van der Waals surface area contributed by atoms with Crippen molar-refractivity contribution in [3.05, 3.63) is 31.3 Å². The molecule has 2 aromatic heterocycles. The Morgan fingerprint density at radius 2 is 2.00 bits per heavy atom. The third-order valence-electron chi connectivity index (χ3n) is 5.94. The van der Waals surface area contributed by atoms with Gasteiger partial charge in [-0.05, 0) is 30.7 Å². The maximum atomic E-state index is 13.0. The van der Waals surface area contributed by atoms with Gasteiger partial charge in [-0.15, -0.1) is 11.3 Å². The lowest BCUT2D eigenvalue weighted by Crippen LogP contribution is -3.10. The summed E-state index contributed by atoms with van der Waals surface area (Å²) in [4.78, 5) is 40.5. The molecule has 1 aliphatic heterocycles.